The van der Waals surface area contributed by atoms with Gasteiger partial charge in [-0.05, 0) is 42.2 Å². The van der Waals surface area contributed by atoms with Gasteiger partial charge >= 0.3 is 0 Å². The molecule has 19 heavy (non-hydrogen) atoms. The van der Waals surface area contributed by atoms with E-state index in [-0.39, 0.29) is 23.4 Å². The number of phenols is 3. The Hall–Kier alpha value is -2.36. The van der Waals surface area contributed by atoms with E-state index in [0.29, 0.717) is 5.75 Å². The van der Waals surface area contributed by atoms with E-state index in [1.165, 1.54) is 12.1 Å². The third kappa shape index (κ3) is 2.17. The first-order valence-corrected chi connectivity index (χ1v) is 6.14. The summed E-state index contributed by atoms with van der Waals surface area (Å²) in [7, 11) is 0. The lowest BCUT2D eigenvalue weighted by molar-refractivity contribution is 0.175. The van der Waals surface area contributed by atoms with Crippen molar-refractivity contribution < 1.29 is 20.1 Å². The van der Waals surface area contributed by atoms with Crippen molar-refractivity contribution in [1.82, 2.24) is 0 Å². The number of hydrogen-bond donors (Lipinski definition) is 3. The summed E-state index contributed by atoms with van der Waals surface area (Å²) in [6, 6.07) is 9.89. The SMILES string of the molecule is Oc1ccc([C@@H]2CCc3cc(O)c(O)cc3O2)cc1. The van der Waals surface area contributed by atoms with Crippen LogP contribution in [0.3, 0.4) is 0 Å². The second kappa shape index (κ2) is 4.39. The van der Waals surface area contributed by atoms with E-state index in [9.17, 15) is 15.3 Å². The number of aromatic hydroxyl groups is 3. The fourth-order valence-electron chi connectivity index (χ4n) is 2.33. The smallest absolute Gasteiger partial charge is 0.161 e. The predicted octanol–water partition coefficient (Wildman–Crippen LogP) is 2.87. The summed E-state index contributed by atoms with van der Waals surface area (Å²) in [6.07, 6.45) is 1.47. The van der Waals surface area contributed by atoms with E-state index in [1.54, 1.807) is 12.1 Å². The molecular weight excluding hydrogens is 244 g/mol. The third-order valence-corrected chi connectivity index (χ3v) is 3.37. The zero-order chi connectivity index (χ0) is 13.4. The summed E-state index contributed by atoms with van der Waals surface area (Å²) >= 11 is 0. The fraction of sp³-hybridized carbons (Fsp3) is 0.200. The first kappa shape index (κ1) is 11.7. The van der Waals surface area contributed by atoms with Gasteiger partial charge < -0.3 is 20.1 Å². The van der Waals surface area contributed by atoms with Crippen LogP contribution in [0.2, 0.25) is 0 Å². The van der Waals surface area contributed by atoms with Crippen molar-refractivity contribution >= 4 is 0 Å². The van der Waals surface area contributed by atoms with E-state index in [0.717, 1.165) is 24.0 Å². The highest BCUT2D eigenvalue weighted by molar-refractivity contribution is 5.50. The van der Waals surface area contributed by atoms with Crippen LogP contribution in [-0.2, 0) is 6.42 Å². The maximum atomic E-state index is 9.51. The van der Waals surface area contributed by atoms with Crippen molar-refractivity contribution in [2.45, 2.75) is 18.9 Å². The minimum Gasteiger partial charge on any atom is -0.508 e. The van der Waals surface area contributed by atoms with Crippen LogP contribution in [0.5, 0.6) is 23.0 Å². The van der Waals surface area contributed by atoms with Gasteiger partial charge in [0.2, 0.25) is 0 Å². The molecule has 4 nitrogen and oxygen atoms in total. The highest BCUT2D eigenvalue weighted by Crippen LogP contribution is 2.40. The second-order valence-corrected chi connectivity index (χ2v) is 4.69. The number of rotatable bonds is 1. The molecule has 0 fully saturated rings. The minimum atomic E-state index is -0.176. The van der Waals surface area contributed by atoms with Crippen LogP contribution in [-0.4, -0.2) is 15.3 Å². The van der Waals surface area contributed by atoms with Gasteiger partial charge in [0.05, 0.1) is 0 Å². The van der Waals surface area contributed by atoms with Crippen LogP contribution in [0.25, 0.3) is 0 Å². The summed E-state index contributed by atoms with van der Waals surface area (Å²) in [5, 5.41) is 28.2. The van der Waals surface area contributed by atoms with Gasteiger partial charge in [-0.15, -0.1) is 0 Å². The van der Waals surface area contributed by atoms with E-state index in [2.05, 4.69) is 0 Å². The van der Waals surface area contributed by atoms with E-state index in [4.69, 9.17) is 4.74 Å². The summed E-state index contributed by atoms with van der Waals surface area (Å²) in [5.74, 6) is 0.526. The van der Waals surface area contributed by atoms with Gasteiger partial charge in [0.15, 0.2) is 11.5 Å². The van der Waals surface area contributed by atoms with Gasteiger partial charge in [-0.2, -0.15) is 0 Å². The molecule has 1 heterocycles. The first-order valence-electron chi connectivity index (χ1n) is 6.14. The molecule has 1 aliphatic heterocycles. The molecule has 0 aromatic heterocycles. The number of phenolic OH excluding ortho intramolecular Hbond substituents is 3. The summed E-state index contributed by atoms with van der Waals surface area (Å²) in [5.41, 5.74) is 1.88. The average molecular weight is 258 g/mol. The molecule has 3 rings (SSSR count). The molecule has 0 bridgehead atoms. The third-order valence-electron chi connectivity index (χ3n) is 3.37. The van der Waals surface area contributed by atoms with Crippen molar-refractivity contribution in [1.29, 1.82) is 0 Å². The number of fused-ring (bicyclic) bond motifs is 1. The zero-order valence-corrected chi connectivity index (χ0v) is 10.2. The topological polar surface area (TPSA) is 69.9 Å². The first-order chi connectivity index (χ1) is 9.13. The second-order valence-electron chi connectivity index (χ2n) is 4.69. The van der Waals surface area contributed by atoms with Crippen LogP contribution in [0.1, 0.15) is 23.7 Å². The fourth-order valence-corrected chi connectivity index (χ4v) is 2.33. The molecular formula is C15H14O4. The Morgan fingerprint density at radius 2 is 1.63 bits per heavy atom. The molecule has 2 aromatic carbocycles. The van der Waals surface area contributed by atoms with Gasteiger partial charge in [0.25, 0.3) is 0 Å². The molecule has 0 amide bonds. The molecule has 0 saturated carbocycles. The molecule has 98 valence electrons. The predicted molar refractivity (Wildman–Crippen MR) is 69.6 cm³/mol. The molecule has 1 atom stereocenters. The van der Waals surface area contributed by atoms with Crippen molar-refractivity contribution in [2.24, 2.45) is 0 Å². The van der Waals surface area contributed by atoms with Crippen LogP contribution >= 0.6 is 0 Å². The molecule has 0 unspecified atom stereocenters. The lowest BCUT2D eigenvalue weighted by atomic mass is 9.97. The normalized spacial score (nSPS) is 17.6. The minimum absolute atomic E-state index is 0.1000. The Morgan fingerprint density at radius 3 is 2.37 bits per heavy atom. The van der Waals surface area contributed by atoms with Crippen LogP contribution < -0.4 is 4.74 Å². The molecule has 1 aliphatic rings. The monoisotopic (exact) mass is 258 g/mol. The molecule has 0 aliphatic carbocycles. The highest BCUT2D eigenvalue weighted by Gasteiger charge is 2.22. The van der Waals surface area contributed by atoms with E-state index in [1.807, 2.05) is 12.1 Å². The van der Waals surface area contributed by atoms with Gasteiger partial charge in [0, 0.05) is 6.07 Å². The quantitative estimate of drug-likeness (QED) is 0.688. The van der Waals surface area contributed by atoms with E-state index >= 15 is 0 Å². The summed E-state index contributed by atoms with van der Waals surface area (Å²) in [6.45, 7) is 0. The Labute approximate surface area is 110 Å². The van der Waals surface area contributed by atoms with Crippen molar-refractivity contribution in [3.8, 4) is 23.0 Å². The molecule has 2 aromatic rings. The number of aryl methyl sites for hydroxylation is 1. The number of hydrogen-bond acceptors (Lipinski definition) is 4. The van der Waals surface area contributed by atoms with Crippen LogP contribution in [0.15, 0.2) is 36.4 Å². The standard InChI is InChI=1S/C15H14O4/c16-11-4-1-9(2-5-11)14-6-3-10-7-12(17)13(18)8-15(10)19-14/h1-2,4-5,7-8,14,16-18H,3,6H2/t14-/m0/s1. The molecule has 0 spiro atoms. The Bertz CT molecular complexity index is 604. The summed E-state index contributed by atoms with van der Waals surface area (Å²) < 4.78 is 5.84. The summed E-state index contributed by atoms with van der Waals surface area (Å²) in [4.78, 5) is 0. The van der Waals surface area contributed by atoms with Crippen molar-refractivity contribution in [2.75, 3.05) is 0 Å². The molecule has 0 saturated heterocycles. The number of benzene rings is 2. The zero-order valence-electron chi connectivity index (χ0n) is 10.2. The molecule has 0 radical (unpaired) electrons. The maximum absolute atomic E-state index is 9.51. The van der Waals surface area contributed by atoms with Crippen LogP contribution in [0, 0.1) is 0 Å². The van der Waals surface area contributed by atoms with Gasteiger partial charge in [-0.3, -0.25) is 0 Å². The van der Waals surface area contributed by atoms with Crippen molar-refractivity contribution in [3.05, 3.63) is 47.5 Å². The largest absolute Gasteiger partial charge is 0.508 e. The molecule has 4 heteroatoms. The highest BCUT2D eigenvalue weighted by atomic mass is 16.5. The van der Waals surface area contributed by atoms with E-state index < -0.39 is 0 Å². The lowest BCUT2D eigenvalue weighted by Crippen LogP contribution is -2.14. The lowest BCUT2D eigenvalue weighted by Gasteiger charge is -2.26. The number of ether oxygens (including phenoxy) is 1. The average Bonchev–Trinajstić information content (AvgIpc) is 2.40. The molecule has 3 N–H and O–H groups in total. The van der Waals surface area contributed by atoms with Gasteiger partial charge in [-0.1, -0.05) is 12.1 Å². The van der Waals surface area contributed by atoms with Crippen molar-refractivity contribution in [3.63, 3.8) is 0 Å². The van der Waals surface area contributed by atoms with Gasteiger partial charge in [-0.25, -0.2) is 0 Å². The van der Waals surface area contributed by atoms with Gasteiger partial charge in [0.1, 0.15) is 17.6 Å². The maximum Gasteiger partial charge on any atom is 0.161 e. The Balaban J connectivity index is 1.89. The van der Waals surface area contributed by atoms with Crippen LogP contribution in [0.4, 0.5) is 0 Å². The Morgan fingerprint density at radius 1 is 0.947 bits per heavy atom. The Kier molecular flexibility index (Phi) is 2.71.